The third-order valence-electron chi connectivity index (χ3n) is 2.39. The minimum absolute atomic E-state index is 0.327. The van der Waals surface area contributed by atoms with E-state index in [1.807, 2.05) is 0 Å². The van der Waals surface area contributed by atoms with Crippen LogP contribution in [0.1, 0.15) is 18.5 Å². The van der Waals surface area contributed by atoms with E-state index in [2.05, 4.69) is 5.32 Å². The molecule has 2 atom stereocenters. The molecule has 1 aliphatic heterocycles. The second-order valence-electron chi connectivity index (χ2n) is 3.54. The van der Waals surface area contributed by atoms with E-state index >= 15 is 0 Å². The standard InChI is InChI=1S/C11H10FNO3/c1-6(14)16-10-9(13-11(10)15)7-4-2-3-5-8(7)12/h2-5,9-10H,1H3,(H,13,15)/t9-,10+/m1/s1. The van der Waals surface area contributed by atoms with Gasteiger partial charge in [-0.1, -0.05) is 18.2 Å². The first-order valence-electron chi connectivity index (χ1n) is 4.81. The van der Waals surface area contributed by atoms with Crippen molar-refractivity contribution >= 4 is 11.9 Å². The zero-order chi connectivity index (χ0) is 11.7. The number of esters is 1. The van der Waals surface area contributed by atoms with Crippen LogP contribution in [-0.2, 0) is 14.3 Å². The van der Waals surface area contributed by atoms with E-state index in [9.17, 15) is 14.0 Å². The van der Waals surface area contributed by atoms with Gasteiger partial charge in [-0.2, -0.15) is 0 Å². The van der Waals surface area contributed by atoms with Crippen molar-refractivity contribution in [2.24, 2.45) is 0 Å². The van der Waals surface area contributed by atoms with Gasteiger partial charge in [0, 0.05) is 12.5 Å². The lowest BCUT2D eigenvalue weighted by atomic mass is 9.93. The molecule has 1 aliphatic rings. The summed E-state index contributed by atoms with van der Waals surface area (Å²) in [5.41, 5.74) is 0.327. The second kappa shape index (κ2) is 3.92. The average Bonchev–Trinajstić information content (AvgIpc) is 2.24. The summed E-state index contributed by atoms with van der Waals surface area (Å²) in [7, 11) is 0. The van der Waals surface area contributed by atoms with Crippen LogP contribution in [0, 0.1) is 5.82 Å². The zero-order valence-electron chi connectivity index (χ0n) is 8.57. The first-order chi connectivity index (χ1) is 7.59. The first kappa shape index (κ1) is 10.6. The minimum Gasteiger partial charge on any atom is -0.450 e. The molecule has 1 saturated heterocycles. The Bertz CT molecular complexity index is 447. The van der Waals surface area contributed by atoms with Crippen molar-refractivity contribution in [2.45, 2.75) is 19.1 Å². The van der Waals surface area contributed by atoms with Crippen LogP contribution in [0.2, 0.25) is 0 Å². The SMILES string of the molecule is CC(=O)O[C@@H]1C(=O)N[C@@H]1c1ccccc1F. The number of β-lactam (4-membered cyclic amide) rings is 1. The maximum absolute atomic E-state index is 13.4. The molecule has 0 saturated carbocycles. The lowest BCUT2D eigenvalue weighted by Gasteiger charge is -2.35. The van der Waals surface area contributed by atoms with Crippen molar-refractivity contribution in [1.82, 2.24) is 5.32 Å². The summed E-state index contributed by atoms with van der Waals surface area (Å²) in [4.78, 5) is 21.9. The van der Waals surface area contributed by atoms with Gasteiger partial charge in [0.2, 0.25) is 6.10 Å². The molecule has 16 heavy (non-hydrogen) atoms. The quantitative estimate of drug-likeness (QED) is 0.599. The topological polar surface area (TPSA) is 55.4 Å². The Labute approximate surface area is 91.4 Å². The molecule has 0 radical (unpaired) electrons. The highest BCUT2D eigenvalue weighted by Crippen LogP contribution is 2.28. The lowest BCUT2D eigenvalue weighted by Crippen LogP contribution is -2.57. The van der Waals surface area contributed by atoms with Crippen LogP contribution in [0.25, 0.3) is 0 Å². The van der Waals surface area contributed by atoms with Crippen LogP contribution < -0.4 is 5.32 Å². The molecule has 1 amide bonds. The van der Waals surface area contributed by atoms with Gasteiger partial charge < -0.3 is 10.1 Å². The number of halogens is 1. The van der Waals surface area contributed by atoms with Gasteiger partial charge in [0.25, 0.3) is 5.91 Å². The number of carbonyl (C=O) groups excluding carboxylic acids is 2. The van der Waals surface area contributed by atoms with Crippen LogP contribution in [0.4, 0.5) is 4.39 Å². The molecular formula is C11H10FNO3. The third kappa shape index (κ3) is 1.76. The van der Waals surface area contributed by atoms with Gasteiger partial charge in [0.05, 0.1) is 0 Å². The zero-order valence-corrected chi connectivity index (χ0v) is 8.57. The molecule has 4 nitrogen and oxygen atoms in total. The van der Waals surface area contributed by atoms with Crippen molar-refractivity contribution in [3.05, 3.63) is 35.6 Å². The molecule has 0 unspecified atom stereocenters. The average molecular weight is 223 g/mol. The molecule has 0 aliphatic carbocycles. The smallest absolute Gasteiger partial charge is 0.303 e. The number of nitrogens with one attached hydrogen (secondary N) is 1. The van der Waals surface area contributed by atoms with Crippen LogP contribution in [0.15, 0.2) is 24.3 Å². The van der Waals surface area contributed by atoms with Crippen LogP contribution in [0.3, 0.4) is 0 Å². The summed E-state index contributed by atoms with van der Waals surface area (Å²) in [6.07, 6.45) is -0.922. The Morgan fingerprint density at radius 2 is 2.12 bits per heavy atom. The highest BCUT2D eigenvalue weighted by atomic mass is 19.1. The van der Waals surface area contributed by atoms with E-state index in [-0.39, 0.29) is 0 Å². The third-order valence-corrected chi connectivity index (χ3v) is 2.39. The number of benzene rings is 1. The maximum Gasteiger partial charge on any atom is 0.303 e. The molecule has 0 spiro atoms. The summed E-state index contributed by atoms with van der Waals surface area (Å²) < 4.78 is 18.2. The largest absolute Gasteiger partial charge is 0.450 e. The molecule has 5 heteroatoms. The van der Waals surface area contributed by atoms with Gasteiger partial charge >= 0.3 is 5.97 Å². The monoisotopic (exact) mass is 223 g/mol. The fourth-order valence-electron chi connectivity index (χ4n) is 1.63. The number of ether oxygens (including phenoxy) is 1. The Hall–Kier alpha value is -1.91. The van der Waals surface area contributed by atoms with Crippen molar-refractivity contribution in [1.29, 1.82) is 0 Å². The van der Waals surface area contributed by atoms with Crippen molar-refractivity contribution in [2.75, 3.05) is 0 Å². The second-order valence-corrected chi connectivity index (χ2v) is 3.54. The molecule has 1 fully saturated rings. The van der Waals surface area contributed by atoms with E-state index in [1.54, 1.807) is 18.2 Å². The number of hydrogen-bond acceptors (Lipinski definition) is 3. The summed E-state index contributed by atoms with van der Waals surface area (Å²) in [6.45, 7) is 1.21. The van der Waals surface area contributed by atoms with E-state index in [0.29, 0.717) is 5.56 Å². The van der Waals surface area contributed by atoms with Crippen LogP contribution in [0.5, 0.6) is 0 Å². The van der Waals surface area contributed by atoms with Crippen LogP contribution >= 0.6 is 0 Å². The maximum atomic E-state index is 13.4. The van der Waals surface area contributed by atoms with Crippen LogP contribution in [-0.4, -0.2) is 18.0 Å². The Balaban J connectivity index is 2.20. The normalized spacial score (nSPS) is 23.2. The highest BCUT2D eigenvalue weighted by Gasteiger charge is 2.44. The summed E-state index contributed by atoms with van der Waals surface area (Å²) in [6, 6.07) is 5.48. The molecule has 1 aromatic carbocycles. The summed E-state index contributed by atoms with van der Waals surface area (Å²) in [5.74, 6) is -1.38. The molecule has 1 N–H and O–H groups in total. The summed E-state index contributed by atoms with van der Waals surface area (Å²) in [5, 5.41) is 2.50. The molecule has 0 bridgehead atoms. The molecule has 1 aromatic rings. The Morgan fingerprint density at radius 3 is 2.69 bits per heavy atom. The predicted molar refractivity (Wildman–Crippen MR) is 52.8 cm³/mol. The van der Waals surface area contributed by atoms with E-state index in [0.717, 1.165) is 0 Å². The highest BCUT2D eigenvalue weighted by molar-refractivity contribution is 5.90. The lowest BCUT2D eigenvalue weighted by molar-refractivity contribution is -0.164. The van der Waals surface area contributed by atoms with Crippen molar-refractivity contribution < 1.29 is 18.7 Å². The van der Waals surface area contributed by atoms with Gasteiger partial charge in [-0.25, -0.2) is 4.39 Å². The molecule has 0 aromatic heterocycles. The van der Waals surface area contributed by atoms with Gasteiger partial charge in [-0.3, -0.25) is 9.59 Å². The number of amides is 1. The van der Waals surface area contributed by atoms with Gasteiger partial charge in [-0.05, 0) is 6.07 Å². The molecule has 2 rings (SSSR count). The first-order valence-corrected chi connectivity index (χ1v) is 4.81. The van der Waals surface area contributed by atoms with Gasteiger partial charge in [-0.15, -0.1) is 0 Å². The van der Waals surface area contributed by atoms with Crippen molar-refractivity contribution in [3.63, 3.8) is 0 Å². The predicted octanol–water partition coefficient (Wildman–Crippen LogP) is 0.928. The number of hydrogen-bond donors (Lipinski definition) is 1. The van der Waals surface area contributed by atoms with E-state index < -0.39 is 29.8 Å². The number of rotatable bonds is 2. The fraction of sp³-hybridized carbons (Fsp3) is 0.273. The van der Waals surface area contributed by atoms with E-state index in [1.165, 1.54) is 13.0 Å². The van der Waals surface area contributed by atoms with Crippen molar-refractivity contribution in [3.8, 4) is 0 Å². The van der Waals surface area contributed by atoms with Gasteiger partial charge in [0.15, 0.2) is 0 Å². The molecular weight excluding hydrogens is 213 g/mol. The molecule has 84 valence electrons. The molecule has 1 heterocycles. The van der Waals surface area contributed by atoms with E-state index in [4.69, 9.17) is 4.74 Å². The fourth-order valence-corrected chi connectivity index (χ4v) is 1.63. The number of carbonyl (C=O) groups is 2. The minimum atomic E-state index is -0.922. The van der Waals surface area contributed by atoms with Gasteiger partial charge in [0.1, 0.15) is 11.9 Å². The Morgan fingerprint density at radius 1 is 1.44 bits per heavy atom. The summed E-state index contributed by atoms with van der Waals surface area (Å²) >= 11 is 0. The Kier molecular flexibility index (Phi) is 2.60.